The Kier molecular flexibility index (Phi) is 7.34. The quantitative estimate of drug-likeness (QED) is 0.614. The van der Waals surface area contributed by atoms with Crippen molar-refractivity contribution in [2.75, 3.05) is 13.1 Å². The Hall–Kier alpha value is -2.90. The third-order valence-corrected chi connectivity index (χ3v) is 4.06. The molecule has 0 bridgehead atoms. The zero-order valence-electron chi connectivity index (χ0n) is 15.8. The molecule has 3 amide bonds. The van der Waals surface area contributed by atoms with Gasteiger partial charge in [0.1, 0.15) is 11.6 Å². The Morgan fingerprint density at radius 1 is 1.22 bits per heavy atom. The van der Waals surface area contributed by atoms with Crippen LogP contribution in [0.1, 0.15) is 29.5 Å². The number of urea groups is 1. The van der Waals surface area contributed by atoms with Crippen LogP contribution < -0.4 is 16.0 Å². The first kappa shape index (κ1) is 20.4. The van der Waals surface area contributed by atoms with E-state index in [2.05, 4.69) is 21.1 Å². The monoisotopic (exact) mass is 376 g/mol. The Balaban J connectivity index is 1.63. The summed E-state index contributed by atoms with van der Waals surface area (Å²) in [6, 6.07) is 5.50. The molecular formula is C19H25FN4O3. The van der Waals surface area contributed by atoms with Gasteiger partial charge in [-0.25, -0.2) is 9.18 Å². The van der Waals surface area contributed by atoms with E-state index < -0.39 is 0 Å². The second kappa shape index (κ2) is 9.70. The summed E-state index contributed by atoms with van der Waals surface area (Å²) in [6.45, 7) is 6.19. The van der Waals surface area contributed by atoms with Crippen molar-refractivity contribution in [1.82, 2.24) is 21.1 Å². The molecule has 1 aromatic carbocycles. The number of hydrogen-bond donors (Lipinski definition) is 3. The molecule has 0 aliphatic rings. The third kappa shape index (κ3) is 6.73. The number of benzene rings is 1. The highest BCUT2D eigenvalue weighted by Gasteiger charge is 2.14. The summed E-state index contributed by atoms with van der Waals surface area (Å²) in [5, 5.41) is 12.1. The predicted molar refractivity (Wildman–Crippen MR) is 98.8 cm³/mol. The van der Waals surface area contributed by atoms with Gasteiger partial charge in [-0.3, -0.25) is 4.79 Å². The van der Waals surface area contributed by atoms with Crippen LogP contribution in [0.2, 0.25) is 0 Å². The van der Waals surface area contributed by atoms with E-state index in [0.29, 0.717) is 25.1 Å². The maximum atomic E-state index is 13.1. The lowest BCUT2D eigenvalue weighted by molar-refractivity contribution is -0.120. The Morgan fingerprint density at radius 2 is 1.96 bits per heavy atom. The molecule has 8 heteroatoms. The van der Waals surface area contributed by atoms with Crippen LogP contribution >= 0.6 is 0 Å². The smallest absolute Gasteiger partial charge is 0.315 e. The minimum Gasteiger partial charge on any atom is -0.361 e. The average molecular weight is 376 g/mol. The van der Waals surface area contributed by atoms with E-state index in [-0.39, 0.29) is 30.2 Å². The molecule has 0 spiro atoms. The molecule has 1 heterocycles. The second-order valence-corrected chi connectivity index (χ2v) is 6.46. The number of nitrogens with one attached hydrogen (secondary N) is 3. The first-order valence-corrected chi connectivity index (χ1v) is 8.82. The van der Waals surface area contributed by atoms with E-state index in [4.69, 9.17) is 4.52 Å². The van der Waals surface area contributed by atoms with Crippen LogP contribution in [-0.4, -0.2) is 36.2 Å². The first-order chi connectivity index (χ1) is 12.8. The molecule has 0 aliphatic carbocycles. The average Bonchev–Trinajstić information content (AvgIpc) is 2.90. The summed E-state index contributed by atoms with van der Waals surface area (Å²) in [6.07, 6.45) is 0.720. The number of hydrogen-bond acceptors (Lipinski definition) is 4. The van der Waals surface area contributed by atoms with Crippen LogP contribution in [0.3, 0.4) is 0 Å². The zero-order chi connectivity index (χ0) is 19.8. The fraction of sp³-hybridized carbons (Fsp3) is 0.421. The van der Waals surface area contributed by atoms with Gasteiger partial charge in [0.05, 0.1) is 12.1 Å². The standard InChI is InChI=1S/C19H25FN4O3/c1-12(9-17-13(2)24-27-14(17)3)23-19(26)22-8-7-21-18(25)11-15-5-4-6-16(20)10-15/h4-6,10,12H,7-9,11H2,1-3H3,(H,21,25)(H2,22,23,26). The van der Waals surface area contributed by atoms with Crippen molar-refractivity contribution < 1.29 is 18.5 Å². The Morgan fingerprint density at radius 3 is 2.63 bits per heavy atom. The normalized spacial score (nSPS) is 11.7. The number of rotatable bonds is 8. The summed E-state index contributed by atoms with van der Waals surface area (Å²) in [5.41, 5.74) is 2.42. The molecule has 2 rings (SSSR count). The molecular weight excluding hydrogens is 351 g/mol. The van der Waals surface area contributed by atoms with Crippen molar-refractivity contribution in [2.24, 2.45) is 0 Å². The highest BCUT2D eigenvalue weighted by atomic mass is 19.1. The van der Waals surface area contributed by atoms with E-state index >= 15 is 0 Å². The summed E-state index contributed by atoms with van der Waals surface area (Å²) in [5.74, 6) is 0.154. The van der Waals surface area contributed by atoms with Crippen LogP contribution in [0.4, 0.5) is 9.18 Å². The van der Waals surface area contributed by atoms with E-state index in [1.807, 2.05) is 20.8 Å². The molecule has 7 nitrogen and oxygen atoms in total. The maximum Gasteiger partial charge on any atom is 0.315 e. The van der Waals surface area contributed by atoms with Gasteiger partial charge < -0.3 is 20.5 Å². The fourth-order valence-electron chi connectivity index (χ4n) is 2.70. The lowest BCUT2D eigenvalue weighted by Gasteiger charge is -2.14. The Labute approximate surface area is 157 Å². The van der Waals surface area contributed by atoms with Gasteiger partial charge >= 0.3 is 6.03 Å². The highest BCUT2D eigenvalue weighted by molar-refractivity contribution is 5.78. The second-order valence-electron chi connectivity index (χ2n) is 6.46. The molecule has 146 valence electrons. The van der Waals surface area contributed by atoms with Crippen molar-refractivity contribution in [3.05, 3.63) is 52.7 Å². The van der Waals surface area contributed by atoms with Gasteiger partial charge in [-0.05, 0) is 44.9 Å². The van der Waals surface area contributed by atoms with Crippen LogP contribution in [0.15, 0.2) is 28.8 Å². The highest BCUT2D eigenvalue weighted by Crippen LogP contribution is 2.14. The van der Waals surface area contributed by atoms with Crippen LogP contribution in [-0.2, 0) is 17.6 Å². The minimum absolute atomic E-state index is 0.0932. The van der Waals surface area contributed by atoms with Gasteiger partial charge in [-0.1, -0.05) is 17.3 Å². The van der Waals surface area contributed by atoms with Crippen molar-refractivity contribution in [3.63, 3.8) is 0 Å². The van der Waals surface area contributed by atoms with Crippen molar-refractivity contribution in [2.45, 2.75) is 39.7 Å². The third-order valence-electron chi connectivity index (χ3n) is 4.06. The Bertz CT molecular complexity index is 772. The molecule has 3 N–H and O–H groups in total. The lowest BCUT2D eigenvalue weighted by atomic mass is 10.1. The van der Waals surface area contributed by atoms with E-state index in [0.717, 1.165) is 17.0 Å². The number of aryl methyl sites for hydroxylation is 2. The van der Waals surface area contributed by atoms with Gasteiger partial charge in [-0.15, -0.1) is 0 Å². The van der Waals surface area contributed by atoms with Gasteiger partial charge in [0.2, 0.25) is 5.91 Å². The molecule has 0 radical (unpaired) electrons. The summed E-state index contributed by atoms with van der Waals surface area (Å²) in [4.78, 5) is 23.7. The molecule has 1 unspecified atom stereocenters. The SMILES string of the molecule is Cc1noc(C)c1CC(C)NC(=O)NCCNC(=O)Cc1cccc(F)c1. The number of carbonyl (C=O) groups excluding carboxylic acids is 2. The molecule has 2 aromatic rings. The molecule has 1 atom stereocenters. The summed E-state index contributed by atoms with van der Waals surface area (Å²) in [7, 11) is 0. The summed E-state index contributed by atoms with van der Waals surface area (Å²) >= 11 is 0. The predicted octanol–water partition coefficient (Wildman–Crippen LogP) is 2.02. The van der Waals surface area contributed by atoms with Crippen LogP contribution in [0, 0.1) is 19.7 Å². The molecule has 27 heavy (non-hydrogen) atoms. The number of aromatic nitrogens is 1. The van der Waals surface area contributed by atoms with Crippen molar-refractivity contribution >= 4 is 11.9 Å². The molecule has 0 saturated carbocycles. The number of amides is 3. The number of carbonyl (C=O) groups is 2. The fourth-order valence-corrected chi connectivity index (χ4v) is 2.70. The molecule has 0 fully saturated rings. The number of nitrogens with zero attached hydrogens (tertiary/aromatic N) is 1. The molecule has 0 aliphatic heterocycles. The summed E-state index contributed by atoms with van der Waals surface area (Å²) < 4.78 is 18.2. The van der Waals surface area contributed by atoms with Crippen LogP contribution in [0.25, 0.3) is 0 Å². The van der Waals surface area contributed by atoms with Crippen molar-refractivity contribution in [3.8, 4) is 0 Å². The topological polar surface area (TPSA) is 96.3 Å². The molecule has 1 aromatic heterocycles. The minimum atomic E-state index is -0.371. The van der Waals surface area contributed by atoms with Crippen molar-refractivity contribution in [1.29, 1.82) is 0 Å². The first-order valence-electron chi connectivity index (χ1n) is 8.82. The van der Waals surface area contributed by atoms with Gasteiger partial charge in [0.15, 0.2) is 0 Å². The van der Waals surface area contributed by atoms with E-state index in [1.165, 1.54) is 12.1 Å². The maximum absolute atomic E-state index is 13.1. The number of halogens is 1. The van der Waals surface area contributed by atoms with Gasteiger partial charge in [-0.2, -0.15) is 0 Å². The van der Waals surface area contributed by atoms with E-state index in [1.54, 1.807) is 12.1 Å². The largest absolute Gasteiger partial charge is 0.361 e. The van der Waals surface area contributed by atoms with E-state index in [9.17, 15) is 14.0 Å². The van der Waals surface area contributed by atoms with Gasteiger partial charge in [0, 0.05) is 24.7 Å². The van der Waals surface area contributed by atoms with Crippen LogP contribution in [0.5, 0.6) is 0 Å². The zero-order valence-corrected chi connectivity index (χ0v) is 15.8. The molecule has 0 saturated heterocycles. The van der Waals surface area contributed by atoms with Gasteiger partial charge in [0.25, 0.3) is 0 Å². The lowest BCUT2D eigenvalue weighted by Crippen LogP contribution is -2.44.